The van der Waals surface area contributed by atoms with Gasteiger partial charge in [-0.1, -0.05) is 6.92 Å². The van der Waals surface area contributed by atoms with Crippen LogP contribution in [0.4, 0.5) is 5.69 Å². The summed E-state index contributed by atoms with van der Waals surface area (Å²) < 4.78 is 0. The minimum Gasteiger partial charge on any atom is -0.368 e. The van der Waals surface area contributed by atoms with Crippen LogP contribution >= 0.6 is 0 Å². The van der Waals surface area contributed by atoms with Gasteiger partial charge in [0.1, 0.15) is 5.69 Å². The molecule has 21 heavy (non-hydrogen) atoms. The van der Waals surface area contributed by atoms with E-state index < -0.39 is 0 Å². The fourth-order valence-electron chi connectivity index (χ4n) is 2.89. The number of rotatable bonds is 3. The molecule has 1 fully saturated rings. The Balaban J connectivity index is 2.18. The molecule has 2 rings (SSSR count). The van der Waals surface area contributed by atoms with Crippen LogP contribution in [0.5, 0.6) is 0 Å². The summed E-state index contributed by atoms with van der Waals surface area (Å²) in [6.07, 6.45) is 6.65. The molecule has 1 saturated heterocycles. The minimum absolute atomic E-state index is 0.102. The number of carbonyl (C=O) groups excluding carboxylic acids is 1. The van der Waals surface area contributed by atoms with E-state index in [0.29, 0.717) is 11.7 Å². The molecule has 1 aliphatic heterocycles. The lowest BCUT2D eigenvalue weighted by molar-refractivity contribution is 0.0914. The lowest BCUT2D eigenvalue weighted by atomic mass is 9.99. The number of hydrogen-bond acceptors (Lipinski definition) is 3. The smallest absolute Gasteiger partial charge is 0.270 e. The van der Waals surface area contributed by atoms with E-state index in [4.69, 9.17) is 0 Å². The van der Waals surface area contributed by atoms with E-state index in [9.17, 15) is 4.79 Å². The van der Waals surface area contributed by atoms with Gasteiger partial charge in [0.25, 0.3) is 5.91 Å². The van der Waals surface area contributed by atoms with Crippen LogP contribution < -0.4 is 10.2 Å². The summed E-state index contributed by atoms with van der Waals surface area (Å²) in [7, 11) is 0. The van der Waals surface area contributed by atoms with Gasteiger partial charge in [0, 0.05) is 30.0 Å². The predicted octanol–water partition coefficient (Wildman–Crippen LogP) is 3.38. The molecule has 1 unspecified atom stereocenters. The van der Waals surface area contributed by atoms with Crippen LogP contribution in [0.2, 0.25) is 0 Å². The lowest BCUT2D eigenvalue weighted by Crippen LogP contribution is -2.41. The Kier molecular flexibility index (Phi) is 4.86. The Bertz CT molecular complexity index is 493. The van der Waals surface area contributed by atoms with Crippen LogP contribution in [0, 0.1) is 0 Å². The Labute approximate surface area is 127 Å². The first-order chi connectivity index (χ1) is 9.90. The molecule has 1 aromatic rings. The predicted molar refractivity (Wildman–Crippen MR) is 86.7 cm³/mol. The fraction of sp³-hybridized carbons (Fsp3) is 0.647. The number of nitrogens with one attached hydrogen (secondary N) is 1. The highest BCUT2D eigenvalue weighted by Crippen LogP contribution is 2.26. The van der Waals surface area contributed by atoms with Crippen LogP contribution in [0.15, 0.2) is 18.3 Å². The molecular formula is C17H27N3O. The summed E-state index contributed by atoms with van der Waals surface area (Å²) in [4.78, 5) is 18.9. The van der Waals surface area contributed by atoms with Crippen LogP contribution in [0.25, 0.3) is 0 Å². The van der Waals surface area contributed by atoms with Gasteiger partial charge in [-0.15, -0.1) is 0 Å². The summed E-state index contributed by atoms with van der Waals surface area (Å²) in [5.41, 5.74) is 1.38. The Morgan fingerprint density at radius 2 is 2.19 bits per heavy atom. The molecule has 0 bridgehead atoms. The number of carbonyl (C=O) groups is 1. The van der Waals surface area contributed by atoms with E-state index in [-0.39, 0.29) is 11.4 Å². The summed E-state index contributed by atoms with van der Waals surface area (Å²) in [5, 5.41) is 2.97. The maximum absolute atomic E-state index is 12.3. The summed E-state index contributed by atoms with van der Waals surface area (Å²) in [6.45, 7) is 9.24. The molecule has 1 amide bonds. The normalized spacial score (nSPS) is 19.4. The summed E-state index contributed by atoms with van der Waals surface area (Å²) in [5.74, 6) is -0.102. The van der Waals surface area contributed by atoms with Gasteiger partial charge in [-0.2, -0.15) is 0 Å². The average Bonchev–Trinajstić information content (AvgIpc) is 2.45. The largest absolute Gasteiger partial charge is 0.368 e. The second kappa shape index (κ2) is 6.46. The number of amides is 1. The second-order valence-electron chi connectivity index (χ2n) is 6.85. The zero-order chi connectivity index (χ0) is 15.5. The van der Waals surface area contributed by atoms with E-state index in [2.05, 4.69) is 22.1 Å². The molecule has 1 aliphatic rings. The molecule has 0 saturated carbocycles. The van der Waals surface area contributed by atoms with Gasteiger partial charge < -0.3 is 10.2 Å². The van der Waals surface area contributed by atoms with Crippen molar-refractivity contribution in [3.63, 3.8) is 0 Å². The molecule has 4 heteroatoms. The molecule has 0 radical (unpaired) electrons. The molecule has 0 spiro atoms. The number of hydrogen-bond donors (Lipinski definition) is 1. The monoisotopic (exact) mass is 289 g/mol. The van der Waals surface area contributed by atoms with Crippen molar-refractivity contribution < 1.29 is 4.79 Å². The zero-order valence-electron chi connectivity index (χ0n) is 13.6. The first-order valence-corrected chi connectivity index (χ1v) is 7.96. The van der Waals surface area contributed by atoms with E-state index in [0.717, 1.165) is 18.7 Å². The standard InChI is InChI=1S/C17H27N3O/c1-5-13-8-6-7-11-20(13)14-9-10-18-15(12-14)16(21)19-17(2,3)4/h9-10,12-13H,5-8,11H2,1-4H3,(H,19,21). The van der Waals surface area contributed by atoms with Gasteiger partial charge in [0.05, 0.1) is 0 Å². The van der Waals surface area contributed by atoms with Crippen molar-refractivity contribution in [2.24, 2.45) is 0 Å². The van der Waals surface area contributed by atoms with E-state index in [1.165, 1.54) is 19.3 Å². The van der Waals surface area contributed by atoms with Gasteiger partial charge in [-0.05, 0) is 58.6 Å². The molecule has 0 aliphatic carbocycles. The van der Waals surface area contributed by atoms with Gasteiger partial charge in [0.15, 0.2) is 0 Å². The molecule has 1 N–H and O–H groups in total. The van der Waals surface area contributed by atoms with Crippen molar-refractivity contribution in [3.05, 3.63) is 24.0 Å². The summed E-state index contributed by atoms with van der Waals surface area (Å²) in [6, 6.07) is 4.52. The van der Waals surface area contributed by atoms with Gasteiger partial charge in [-0.3, -0.25) is 9.78 Å². The maximum atomic E-state index is 12.3. The first kappa shape index (κ1) is 15.8. The third kappa shape index (κ3) is 4.19. The molecule has 2 heterocycles. The quantitative estimate of drug-likeness (QED) is 0.928. The molecule has 1 aromatic heterocycles. The van der Waals surface area contributed by atoms with Crippen molar-refractivity contribution in [2.45, 2.75) is 65.0 Å². The van der Waals surface area contributed by atoms with E-state index in [1.807, 2.05) is 32.9 Å². The van der Waals surface area contributed by atoms with Crippen molar-refractivity contribution in [1.29, 1.82) is 0 Å². The highest BCUT2D eigenvalue weighted by Gasteiger charge is 2.22. The topological polar surface area (TPSA) is 45.2 Å². The van der Waals surface area contributed by atoms with Crippen LogP contribution in [-0.4, -0.2) is 29.0 Å². The minimum atomic E-state index is -0.244. The molecule has 1 atom stereocenters. The van der Waals surface area contributed by atoms with Gasteiger partial charge in [0.2, 0.25) is 0 Å². The molecule has 4 nitrogen and oxygen atoms in total. The average molecular weight is 289 g/mol. The SMILES string of the molecule is CCC1CCCCN1c1ccnc(C(=O)NC(C)(C)C)c1. The van der Waals surface area contributed by atoms with Crippen LogP contribution in [0.3, 0.4) is 0 Å². The van der Waals surface area contributed by atoms with E-state index >= 15 is 0 Å². The maximum Gasteiger partial charge on any atom is 0.270 e. The van der Waals surface area contributed by atoms with Gasteiger partial charge in [-0.25, -0.2) is 0 Å². The second-order valence-corrected chi connectivity index (χ2v) is 6.85. The van der Waals surface area contributed by atoms with Crippen molar-refractivity contribution in [1.82, 2.24) is 10.3 Å². The number of anilines is 1. The van der Waals surface area contributed by atoms with Crippen molar-refractivity contribution in [2.75, 3.05) is 11.4 Å². The van der Waals surface area contributed by atoms with Crippen LogP contribution in [-0.2, 0) is 0 Å². The molecule has 0 aromatic carbocycles. The Morgan fingerprint density at radius 3 is 2.86 bits per heavy atom. The third-order valence-corrected chi connectivity index (χ3v) is 3.89. The number of piperidine rings is 1. The number of aromatic nitrogens is 1. The Hall–Kier alpha value is -1.58. The van der Waals surface area contributed by atoms with Crippen molar-refractivity contribution >= 4 is 11.6 Å². The number of nitrogens with zero attached hydrogens (tertiary/aromatic N) is 2. The molecule has 116 valence electrons. The third-order valence-electron chi connectivity index (χ3n) is 3.89. The number of pyridine rings is 1. The lowest BCUT2D eigenvalue weighted by Gasteiger charge is -2.37. The highest BCUT2D eigenvalue weighted by molar-refractivity contribution is 5.93. The summed E-state index contributed by atoms with van der Waals surface area (Å²) >= 11 is 0. The highest BCUT2D eigenvalue weighted by atomic mass is 16.2. The first-order valence-electron chi connectivity index (χ1n) is 7.96. The van der Waals surface area contributed by atoms with Crippen LogP contribution in [0.1, 0.15) is 63.9 Å². The zero-order valence-corrected chi connectivity index (χ0v) is 13.6. The van der Waals surface area contributed by atoms with E-state index in [1.54, 1.807) is 6.20 Å². The molecular weight excluding hydrogens is 262 g/mol. The Morgan fingerprint density at radius 1 is 1.43 bits per heavy atom. The fourth-order valence-corrected chi connectivity index (χ4v) is 2.89. The van der Waals surface area contributed by atoms with Gasteiger partial charge >= 0.3 is 0 Å². The van der Waals surface area contributed by atoms with Crippen molar-refractivity contribution in [3.8, 4) is 0 Å².